The maximum absolute atomic E-state index is 9.70. The number of rotatable bonds is 4. The standard InChI is InChI=1S/C13H12BrClO2S/c1-8(16)10-6-9(15)2-3-12(10)17-7-13-11(14)4-5-18-13/h2-6,8,16H,7H2,1H3/t8-/m0/s1. The molecule has 0 saturated carbocycles. The number of hydrogen-bond donors (Lipinski definition) is 1. The molecule has 0 aliphatic carbocycles. The van der Waals surface area contributed by atoms with Crippen LogP contribution < -0.4 is 4.74 Å². The molecule has 0 aliphatic rings. The van der Waals surface area contributed by atoms with Crippen LogP contribution in [-0.2, 0) is 6.61 Å². The molecule has 1 atom stereocenters. The van der Waals surface area contributed by atoms with Gasteiger partial charge in [0, 0.05) is 15.1 Å². The second-order valence-corrected chi connectivity index (χ2v) is 6.13. The van der Waals surface area contributed by atoms with Crippen LogP contribution in [0, 0.1) is 0 Å². The van der Waals surface area contributed by atoms with Gasteiger partial charge in [-0.15, -0.1) is 11.3 Å². The normalized spacial score (nSPS) is 12.4. The van der Waals surface area contributed by atoms with Crippen molar-refractivity contribution in [3.05, 3.63) is 49.6 Å². The molecule has 1 heterocycles. The van der Waals surface area contributed by atoms with Gasteiger partial charge in [-0.3, -0.25) is 0 Å². The summed E-state index contributed by atoms with van der Waals surface area (Å²) < 4.78 is 6.78. The van der Waals surface area contributed by atoms with Gasteiger partial charge in [0.05, 0.1) is 11.0 Å². The lowest BCUT2D eigenvalue weighted by Crippen LogP contribution is -2.00. The van der Waals surface area contributed by atoms with Crippen molar-refractivity contribution in [3.63, 3.8) is 0 Å². The third-order valence-electron chi connectivity index (χ3n) is 2.47. The first kappa shape index (κ1) is 13.9. The van der Waals surface area contributed by atoms with E-state index in [0.717, 1.165) is 9.35 Å². The summed E-state index contributed by atoms with van der Waals surface area (Å²) in [6, 6.07) is 7.25. The Balaban J connectivity index is 2.16. The van der Waals surface area contributed by atoms with Gasteiger partial charge < -0.3 is 9.84 Å². The highest BCUT2D eigenvalue weighted by Gasteiger charge is 2.11. The molecule has 2 nitrogen and oxygen atoms in total. The first-order valence-corrected chi connectivity index (χ1v) is 7.45. The molecular formula is C13H12BrClO2S. The number of hydrogen-bond acceptors (Lipinski definition) is 3. The molecule has 18 heavy (non-hydrogen) atoms. The third kappa shape index (κ3) is 3.26. The average Bonchev–Trinajstić information content (AvgIpc) is 2.73. The maximum atomic E-state index is 9.70. The van der Waals surface area contributed by atoms with Crippen LogP contribution in [0.4, 0.5) is 0 Å². The monoisotopic (exact) mass is 346 g/mol. The zero-order chi connectivity index (χ0) is 13.1. The molecule has 0 fully saturated rings. The molecule has 5 heteroatoms. The van der Waals surface area contributed by atoms with Crippen LogP contribution in [0.3, 0.4) is 0 Å². The fraction of sp³-hybridized carbons (Fsp3) is 0.231. The van der Waals surface area contributed by atoms with E-state index < -0.39 is 6.10 Å². The Kier molecular flexibility index (Phi) is 4.67. The van der Waals surface area contributed by atoms with Crippen molar-refractivity contribution in [2.45, 2.75) is 19.6 Å². The average molecular weight is 348 g/mol. The highest BCUT2D eigenvalue weighted by Crippen LogP contribution is 2.30. The molecule has 0 aliphatic heterocycles. The van der Waals surface area contributed by atoms with Crippen LogP contribution in [0.1, 0.15) is 23.5 Å². The van der Waals surface area contributed by atoms with Crippen LogP contribution in [0.15, 0.2) is 34.1 Å². The van der Waals surface area contributed by atoms with Gasteiger partial charge in [0.25, 0.3) is 0 Å². The predicted molar refractivity (Wildman–Crippen MR) is 78.4 cm³/mol. The smallest absolute Gasteiger partial charge is 0.125 e. The molecular weight excluding hydrogens is 336 g/mol. The lowest BCUT2D eigenvalue weighted by atomic mass is 10.1. The Morgan fingerprint density at radius 1 is 1.44 bits per heavy atom. The molecule has 0 unspecified atom stereocenters. The summed E-state index contributed by atoms with van der Waals surface area (Å²) in [6.07, 6.45) is -0.606. The summed E-state index contributed by atoms with van der Waals surface area (Å²) in [7, 11) is 0. The van der Waals surface area contributed by atoms with Gasteiger partial charge in [-0.25, -0.2) is 0 Å². The van der Waals surface area contributed by atoms with E-state index in [4.69, 9.17) is 16.3 Å². The number of aliphatic hydroxyl groups excluding tert-OH is 1. The molecule has 0 radical (unpaired) electrons. The minimum Gasteiger partial charge on any atom is -0.488 e. The SMILES string of the molecule is C[C@H](O)c1cc(Cl)ccc1OCc1sccc1Br. The molecule has 0 bridgehead atoms. The van der Waals surface area contributed by atoms with Crippen molar-refractivity contribution >= 4 is 38.9 Å². The maximum Gasteiger partial charge on any atom is 0.125 e. The van der Waals surface area contributed by atoms with Gasteiger partial charge >= 0.3 is 0 Å². The Labute approximate surface area is 123 Å². The van der Waals surface area contributed by atoms with Crippen molar-refractivity contribution < 1.29 is 9.84 Å². The molecule has 2 aromatic rings. The van der Waals surface area contributed by atoms with E-state index in [-0.39, 0.29) is 0 Å². The molecule has 0 amide bonds. The minimum atomic E-state index is -0.606. The second-order valence-electron chi connectivity index (χ2n) is 3.84. The van der Waals surface area contributed by atoms with Crippen LogP contribution in [-0.4, -0.2) is 5.11 Å². The van der Waals surface area contributed by atoms with Crippen molar-refractivity contribution in [1.29, 1.82) is 0 Å². The highest BCUT2D eigenvalue weighted by atomic mass is 79.9. The van der Waals surface area contributed by atoms with Crippen molar-refractivity contribution in [3.8, 4) is 5.75 Å². The van der Waals surface area contributed by atoms with Crippen molar-refractivity contribution in [2.24, 2.45) is 0 Å². The van der Waals surface area contributed by atoms with Gasteiger partial charge in [-0.05, 0) is 52.5 Å². The zero-order valence-electron chi connectivity index (χ0n) is 9.69. The van der Waals surface area contributed by atoms with Crippen LogP contribution in [0.25, 0.3) is 0 Å². The summed E-state index contributed by atoms with van der Waals surface area (Å²) in [5.74, 6) is 0.662. The first-order chi connectivity index (χ1) is 8.58. The van der Waals surface area contributed by atoms with Crippen molar-refractivity contribution in [2.75, 3.05) is 0 Å². The largest absolute Gasteiger partial charge is 0.488 e. The number of thiophene rings is 1. The molecule has 0 spiro atoms. The molecule has 1 aromatic heterocycles. The summed E-state index contributed by atoms with van der Waals surface area (Å²) in [5.41, 5.74) is 0.704. The van der Waals surface area contributed by atoms with E-state index in [1.807, 2.05) is 11.4 Å². The number of ether oxygens (including phenoxy) is 1. The van der Waals surface area contributed by atoms with E-state index in [1.54, 1.807) is 36.5 Å². The van der Waals surface area contributed by atoms with E-state index in [2.05, 4.69) is 15.9 Å². The fourth-order valence-electron chi connectivity index (χ4n) is 1.55. The Bertz CT molecular complexity index is 540. The van der Waals surface area contributed by atoms with E-state index >= 15 is 0 Å². The summed E-state index contributed by atoms with van der Waals surface area (Å²) in [5, 5.41) is 12.3. The predicted octanol–water partition coefficient (Wildman–Crippen LogP) is 4.80. The molecule has 1 aromatic carbocycles. The molecule has 96 valence electrons. The summed E-state index contributed by atoms with van der Waals surface area (Å²) in [4.78, 5) is 1.11. The van der Waals surface area contributed by atoms with Crippen LogP contribution in [0.5, 0.6) is 5.75 Å². The molecule has 1 N–H and O–H groups in total. The van der Waals surface area contributed by atoms with Gasteiger partial charge in [0.2, 0.25) is 0 Å². The quantitative estimate of drug-likeness (QED) is 0.861. The number of halogens is 2. The Morgan fingerprint density at radius 2 is 2.22 bits per heavy atom. The van der Waals surface area contributed by atoms with Crippen LogP contribution in [0.2, 0.25) is 5.02 Å². The number of aliphatic hydroxyl groups is 1. The van der Waals surface area contributed by atoms with Gasteiger partial charge in [-0.2, -0.15) is 0 Å². The Hall–Kier alpha value is -0.550. The summed E-state index contributed by atoms with van der Waals surface area (Å²) >= 11 is 11.0. The van der Waals surface area contributed by atoms with Crippen molar-refractivity contribution in [1.82, 2.24) is 0 Å². The molecule has 2 rings (SSSR count). The van der Waals surface area contributed by atoms with E-state index in [1.165, 1.54) is 0 Å². The molecule has 0 saturated heterocycles. The van der Waals surface area contributed by atoms with E-state index in [0.29, 0.717) is 22.9 Å². The van der Waals surface area contributed by atoms with E-state index in [9.17, 15) is 5.11 Å². The first-order valence-electron chi connectivity index (χ1n) is 5.40. The van der Waals surface area contributed by atoms with Gasteiger partial charge in [0.1, 0.15) is 12.4 Å². The second kappa shape index (κ2) is 6.06. The fourth-order valence-corrected chi connectivity index (χ4v) is 3.11. The lowest BCUT2D eigenvalue weighted by Gasteiger charge is -2.13. The van der Waals surface area contributed by atoms with Gasteiger partial charge in [0.15, 0.2) is 0 Å². The summed E-state index contributed by atoms with van der Waals surface area (Å²) in [6.45, 7) is 2.17. The number of benzene rings is 1. The third-order valence-corrected chi connectivity index (χ3v) is 4.61. The topological polar surface area (TPSA) is 29.5 Å². The van der Waals surface area contributed by atoms with Crippen LogP contribution >= 0.6 is 38.9 Å². The minimum absolute atomic E-state index is 0.472. The Morgan fingerprint density at radius 3 is 2.83 bits per heavy atom. The lowest BCUT2D eigenvalue weighted by molar-refractivity contribution is 0.190. The highest BCUT2D eigenvalue weighted by molar-refractivity contribution is 9.10. The van der Waals surface area contributed by atoms with Gasteiger partial charge in [-0.1, -0.05) is 11.6 Å². The zero-order valence-corrected chi connectivity index (χ0v) is 12.8.